The van der Waals surface area contributed by atoms with E-state index in [9.17, 15) is 0 Å². The van der Waals surface area contributed by atoms with Crippen LogP contribution in [0.5, 0.6) is 0 Å². The van der Waals surface area contributed by atoms with Gasteiger partial charge in [0.15, 0.2) is 0 Å². The molecule has 0 aliphatic rings. The molecular weight excluding hydrogens is 276 g/mol. The fourth-order valence-corrected chi connectivity index (χ4v) is 3.13. The average Bonchev–Trinajstić information content (AvgIpc) is 2.50. The van der Waals surface area contributed by atoms with E-state index in [-0.39, 0.29) is 0 Å². The van der Waals surface area contributed by atoms with Gasteiger partial charge in [-0.15, -0.1) is 11.8 Å². The molecule has 2 aromatic rings. The van der Waals surface area contributed by atoms with Gasteiger partial charge in [0.2, 0.25) is 0 Å². The lowest BCUT2D eigenvalue weighted by Crippen LogP contribution is -2.31. The Balaban J connectivity index is 1.81. The van der Waals surface area contributed by atoms with Crippen LogP contribution in [0.15, 0.2) is 59.5 Å². The number of hydrogen-bond acceptors (Lipinski definition) is 3. The third-order valence-corrected chi connectivity index (χ3v) is 4.38. The van der Waals surface area contributed by atoms with Crippen LogP contribution in [0, 0.1) is 6.92 Å². The van der Waals surface area contributed by atoms with Crippen molar-refractivity contribution in [3.8, 4) is 0 Å². The lowest BCUT2D eigenvalue weighted by Gasteiger charge is -2.21. The number of rotatable bonds is 8. The van der Waals surface area contributed by atoms with E-state index in [4.69, 9.17) is 5.73 Å². The number of hydrogen-bond donors (Lipinski definition) is 1. The van der Waals surface area contributed by atoms with E-state index in [1.165, 1.54) is 16.0 Å². The van der Waals surface area contributed by atoms with Gasteiger partial charge in [-0.2, -0.15) is 0 Å². The van der Waals surface area contributed by atoms with Gasteiger partial charge in [0.1, 0.15) is 0 Å². The first-order chi connectivity index (χ1) is 10.3. The summed E-state index contributed by atoms with van der Waals surface area (Å²) in [5.74, 6) is 1.09. The van der Waals surface area contributed by atoms with Crippen LogP contribution in [0.4, 0.5) is 0 Å². The zero-order valence-electron chi connectivity index (χ0n) is 12.7. The van der Waals surface area contributed by atoms with Crippen molar-refractivity contribution >= 4 is 11.8 Å². The van der Waals surface area contributed by atoms with Gasteiger partial charge in [-0.1, -0.05) is 48.0 Å². The Hall–Kier alpha value is -1.29. The molecule has 0 saturated carbocycles. The van der Waals surface area contributed by atoms with E-state index in [0.717, 1.165) is 25.4 Å². The zero-order chi connectivity index (χ0) is 14.9. The molecular formula is C18H24N2S. The van der Waals surface area contributed by atoms with Crippen molar-refractivity contribution in [3.05, 3.63) is 65.7 Å². The molecule has 0 saturated heterocycles. The largest absolute Gasteiger partial charge is 0.329 e. The summed E-state index contributed by atoms with van der Waals surface area (Å²) in [7, 11) is 0. The highest BCUT2D eigenvalue weighted by molar-refractivity contribution is 7.99. The van der Waals surface area contributed by atoms with Crippen molar-refractivity contribution in [1.29, 1.82) is 0 Å². The highest BCUT2D eigenvalue weighted by Gasteiger charge is 2.05. The molecule has 0 aromatic heterocycles. The molecule has 0 bridgehead atoms. The Labute approximate surface area is 132 Å². The fraction of sp³-hybridized carbons (Fsp3) is 0.333. The summed E-state index contributed by atoms with van der Waals surface area (Å²) in [6.45, 7) is 5.82. The molecule has 0 radical (unpaired) electrons. The van der Waals surface area contributed by atoms with Crippen LogP contribution in [-0.4, -0.2) is 30.3 Å². The monoisotopic (exact) mass is 300 g/mol. The van der Waals surface area contributed by atoms with Gasteiger partial charge in [-0.05, 0) is 24.6 Å². The Bertz CT molecular complexity index is 511. The average molecular weight is 300 g/mol. The predicted molar refractivity (Wildman–Crippen MR) is 92.7 cm³/mol. The van der Waals surface area contributed by atoms with Gasteiger partial charge >= 0.3 is 0 Å². The smallest absolute Gasteiger partial charge is 0.0234 e. The molecule has 0 spiro atoms. The van der Waals surface area contributed by atoms with Gasteiger partial charge in [0, 0.05) is 36.8 Å². The highest BCUT2D eigenvalue weighted by Crippen LogP contribution is 2.18. The van der Waals surface area contributed by atoms with Crippen LogP contribution >= 0.6 is 11.8 Å². The number of nitrogens with zero attached hydrogens (tertiary/aromatic N) is 1. The molecule has 0 aliphatic heterocycles. The Morgan fingerprint density at radius 2 is 1.67 bits per heavy atom. The number of thioether (sulfide) groups is 1. The molecule has 2 rings (SSSR count). The van der Waals surface area contributed by atoms with Crippen molar-refractivity contribution in [2.45, 2.75) is 18.4 Å². The van der Waals surface area contributed by atoms with Crippen molar-refractivity contribution < 1.29 is 0 Å². The number of aryl methyl sites for hydroxylation is 1. The van der Waals surface area contributed by atoms with E-state index in [1.807, 2.05) is 11.8 Å². The van der Waals surface area contributed by atoms with Crippen molar-refractivity contribution in [3.63, 3.8) is 0 Å². The van der Waals surface area contributed by atoms with Crippen molar-refractivity contribution in [2.24, 2.45) is 5.73 Å². The molecule has 0 unspecified atom stereocenters. The van der Waals surface area contributed by atoms with Crippen LogP contribution in [-0.2, 0) is 6.54 Å². The normalized spacial score (nSPS) is 11.0. The summed E-state index contributed by atoms with van der Waals surface area (Å²) in [4.78, 5) is 3.77. The molecule has 2 nitrogen and oxygen atoms in total. The second-order valence-corrected chi connectivity index (χ2v) is 6.38. The first-order valence-corrected chi connectivity index (χ1v) is 8.42. The molecule has 0 amide bonds. The van der Waals surface area contributed by atoms with Crippen LogP contribution < -0.4 is 5.73 Å². The van der Waals surface area contributed by atoms with Gasteiger partial charge < -0.3 is 5.73 Å². The topological polar surface area (TPSA) is 29.3 Å². The zero-order valence-corrected chi connectivity index (χ0v) is 13.5. The van der Waals surface area contributed by atoms with Crippen LogP contribution in [0.3, 0.4) is 0 Å². The van der Waals surface area contributed by atoms with E-state index in [1.54, 1.807) is 0 Å². The number of benzene rings is 2. The first-order valence-electron chi connectivity index (χ1n) is 7.44. The summed E-state index contributed by atoms with van der Waals surface area (Å²) in [5.41, 5.74) is 8.40. The molecule has 21 heavy (non-hydrogen) atoms. The van der Waals surface area contributed by atoms with E-state index < -0.39 is 0 Å². The van der Waals surface area contributed by atoms with E-state index in [2.05, 4.69) is 66.4 Å². The molecule has 2 aromatic carbocycles. The first kappa shape index (κ1) is 16.1. The molecule has 112 valence electrons. The molecule has 3 heteroatoms. The third kappa shape index (κ3) is 5.92. The van der Waals surface area contributed by atoms with Gasteiger partial charge in [0.05, 0.1) is 0 Å². The molecule has 0 heterocycles. The number of nitrogens with two attached hydrogens (primary N) is 1. The standard InChI is InChI=1S/C18H24N2S/c1-16-7-9-18(10-8-16)21-14-13-20(12-11-19)15-17-5-3-2-4-6-17/h2-10H,11-15,19H2,1H3. The van der Waals surface area contributed by atoms with Crippen LogP contribution in [0.25, 0.3) is 0 Å². The third-order valence-electron chi connectivity index (χ3n) is 3.39. The van der Waals surface area contributed by atoms with Gasteiger partial charge in [-0.25, -0.2) is 0 Å². The van der Waals surface area contributed by atoms with Crippen LogP contribution in [0.2, 0.25) is 0 Å². The van der Waals surface area contributed by atoms with Gasteiger partial charge in [0.25, 0.3) is 0 Å². The van der Waals surface area contributed by atoms with Crippen molar-refractivity contribution in [2.75, 3.05) is 25.4 Å². The van der Waals surface area contributed by atoms with Crippen molar-refractivity contribution in [1.82, 2.24) is 4.90 Å². The quantitative estimate of drug-likeness (QED) is 0.756. The maximum Gasteiger partial charge on any atom is 0.0234 e. The van der Waals surface area contributed by atoms with E-state index in [0.29, 0.717) is 6.54 Å². The summed E-state index contributed by atoms with van der Waals surface area (Å²) >= 11 is 1.91. The summed E-state index contributed by atoms with van der Waals surface area (Å²) in [5, 5.41) is 0. The summed E-state index contributed by atoms with van der Waals surface area (Å²) < 4.78 is 0. The fourth-order valence-electron chi connectivity index (χ4n) is 2.22. The second kappa shape index (κ2) is 8.88. The molecule has 0 atom stereocenters. The second-order valence-electron chi connectivity index (χ2n) is 5.21. The lowest BCUT2D eigenvalue weighted by atomic mass is 10.2. The molecule has 0 fully saturated rings. The summed E-state index contributed by atoms with van der Waals surface area (Å²) in [6, 6.07) is 19.3. The minimum Gasteiger partial charge on any atom is -0.329 e. The predicted octanol–water partition coefficient (Wildman–Crippen LogP) is 3.55. The SMILES string of the molecule is Cc1ccc(SCCN(CCN)Cc2ccccc2)cc1. The van der Waals surface area contributed by atoms with E-state index >= 15 is 0 Å². The maximum absolute atomic E-state index is 5.73. The Morgan fingerprint density at radius 1 is 0.952 bits per heavy atom. The Morgan fingerprint density at radius 3 is 2.33 bits per heavy atom. The molecule has 0 aliphatic carbocycles. The van der Waals surface area contributed by atoms with Gasteiger partial charge in [-0.3, -0.25) is 4.90 Å². The minimum absolute atomic E-state index is 0.710. The molecule has 2 N–H and O–H groups in total. The van der Waals surface area contributed by atoms with Crippen LogP contribution in [0.1, 0.15) is 11.1 Å². The Kier molecular flexibility index (Phi) is 6.80. The highest BCUT2D eigenvalue weighted by atomic mass is 32.2. The summed E-state index contributed by atoms with van der Waals surface area (Å²) in [6.07, 6.45) is 0. The maximum atomic E-state index is 5.73. The lowest BCUT2D eigenvalue weighted by molar-refractivity contribution is 0.290. The minimum atomic E-state index is 0.710.